The highest BCUT2D eigenvalue weighted by Crippen LogP contribution is 2.43. The van der Waals surface area contributed by atoms with Gasteiger partial charge in [0.15, 0.2) is 0 Å². The maximum absolute atomic E-state index is 6.95. The zero-order valence-corrected chi connectivity index (χ0v) is 35.1. The second-order valence-corrected chi connectivity index (χ2v) is 17.9. The Morgan fingerprint density at radius 2 is 1.12 bits per heavy atom. The molecule has 0 atom stereocenters. The fraction of sp³-hybridized carbons (Fsp3) is 0.167. The van der Waals surface area contributed by atoms with Crippen molar-refractivity contribution in [3.05, 3.63) is 187 Å². The van der Waals surface area contributed by atoms with Gasteiger partial charge in [-0.15, -0.1) is 0 Å². The molecule has 6 heteroatoms. The number of hydrogen-bond donors (Lipinski definition) is 0. The van der Waals surface area contributed by atoms with Gasteiger partial charge in [0.25, 0.3) is 0 Å². The van der Waals surface area contributed by atoms with Gasteiger partial charge in [-0.05, 0) is 99.8 Å². The molecule has 60 heavy (non-hydrogen) atoms. The van der Waals surface area contributed by atoms with Gasteiger partial charge in [-0.25, -0.2) is 4.98 Å². The van der Waals surface area contributed by atoms with E-state index in [9.17, 15) is 0 Å². The third-order valence-corrected chi connectivity index (χ3v) is 11.7. The molecule has 4 heterocycles. The second-order valence-electron chi connectivity index (χ2n) is 17.9. The number of rotatable bonds is 7. The van der Waals surface area contributed by atoms with E-state index < -0.39 is 0 Å². The van der Waals surface area contributed by atoms with E-state index >= 15 is 0 Å². The molecule has 0 fully saturated rings. The van der Waals surface area contributed by atoms with Crippen LogP contribution in [0.15, 0.2) is 176 Å². The van der Waals surface area contributed by atoms with Crippen LogP contribution in [0.5, 0.6) is 11.5 Å². The molecule has 1 aliphatic rings. The first kappa shape index (κ1) is 37.2. The number of aromatic nitrogens is 3. The summed E-state index contributed by atoms with van der Waals surface area (Å²) in [6.07, 6.45) is 6.27. The van der Waals surface area contributed by atoms with Crippen molar-refractivity contribution in [3.63, 3.8) is 0 Å². The Bertz CT molecular complexity index is 3070. The predicted octanol–water partition coefficient (Wildman–Crippen LogP) is 13.9. The first-order valence-corrected chi connectivity index (χ1v) is 20.8. The summed E-state index contributed by atoms with van der Waals surface area (Å²) < 4.78 is 11.7. The molecule has 0 N–H and O–H groups in total. The third kappa shape index (κ3) is 6.68. The first-order valence-electron chi connectivity index (χ1n) is 20.8. The van der Waals surface area contributed by atoms with Gasteiger partial charge in [-0.3, -0.25) is 4.57 Å². The minimum absolute atomic E-state index is 0.0500. The highest BCUT2D eigenvalue weighted by molar-refractivity contribution is 6.20. The summed E-state index contributed by atoms with van der Waals surface area (Å²) in [5, 5.41) is 2.29. The van der Waals surface area contributed by atoms with Crippen LogP contribution in [0.4, 0.5) is 11.4 Å². The Morgan fingerprint density at radius 3 is 1.88 bits per heavy atom. The molecule has 6 aromatic carbocycles. The summed E-state index contributed by atoms with van der Waals surface area (Å²) in [7, 11) is 0. The van der Waals surface area contributed by atoms with Crippen LogP contribution in [-0.2, 0) is 10.8 Å². The maximum Gasteiger partial charge on any atom is 0.137 e. The van der Waals surface area contributed by atoms with Crippen molar-refractivity contribution in [1.29, 1.82) is 0 Å². The number of nitrogens with zero attached hydrogens (tertiary/aromatic N) is 5. The van der Waals surface area contributed by atoms with Crippen molar-refractivity contribution in [1.82, 2.24) is 14.1 Å². The van der Waals surface area contributed by atoms with Crippen LogP contribution in [0.1, 0.15) is 52.7 Å². The molecule has 6 nitrogen and oxygen atoms in total. The van der Waals surface area contributed by atoms with Crippen LogP contribution >= 0.6 is 0 Å². The summed E-state index contributed by atoms with van der Waals surface area (Å²) in [5.41, 5.74) is 12.6. The van der Waals surface area contributed by atoms with E-state index in [1.807, 2.05) is 6.20 Å². The predicted molar refractivity (Wildman–Crippen MR) is 250 cm³/mol. The number of anilines is 2. The monoisotopic (exact) mass is 783 g/mol. The van der Waals surface area contributed by atoms with Gasteiger partial charge >= 0.3 is 0 Å². The normalized spacial score (nSPS) is 13.3. The molecule has 3 aromatic heterocycles. The van der Waals surface area contributed by atoms with Crippen molar-refractivity contribution in [2.45, 2.75) is 52.4 Å². The average Bonchev–Trinajstić information content (AvgIpc) is 3.97. The lowest BCUT2D eigenvalue weighted by atomic mass is 9.87. The number of ether oxygens (including phenoxy) is 1. The summed E-state index contributed by atoms with van der Waals surface area (Å²) in [6.45, 7) is 14.2. The molecule has 0 aliphatic carbocycles. The number of hydrogen-bond acceptors (Lipinski definition) is 4. The van der Waals surface area contributed by atoms with Crippen LogP contribution < -0.4 is 14.5 Å². The molecule has 0 saturated carbocycles. The standard InChI is InChI=1S/C54H49N5O/c1-53(2,3)39-18-15-21-42(32-39)56-28-29-57(36-56)43-30-38(37-16-9-7-10-17-37)31-45(34-43)60-44-24-25-47-49(35-44)59(50-33-40(26-27-55-50)54(4,5)6)52-46-22-13-14-23-48(46)58(51(47)52)41-19-11-8-12-20-41/h7-35H,36H2,1-6H3. The zero-order valence-electron chi connectivity index (χ0n) is 35.1. The fourth-order valence-electron chi connectivity index (χ4n) is 8.52. The molecule has 296 valence electrons. The van der Waals surface area contributed by atoms with Crippen molar-refractivity contribution in [2.75, 3.05) is 16.5 Å². The molecule has 9 aromatic rings. The highest BCUT2D eigenvalue weighted by Gasteiger charge is 2.25. The van der Waals surface area contributed by atoms with Crippen LogP contribution in [0.25, 0.3) is 55.5 Å². The third-order valence-electron chi connectivity index (χ3n) is 11.7. The van der Waals surface area contributed by atoms with Gasteiger partial charge < -0.3 is 19.1 Å². The van der Waals surface area contributed by atoms with Crippen LogP contribution in [0.3, 0.4) is 0 Å². The zero-order chi connectivity index (χ0) is 41.2. The molecule has 10 rings (SSSR count). The van der Waals surface area contributed by atoms with E-state index in [-0.39, 0.29) is 10.8 Å². The Kier molecular flexibility index (Phi) is 8.90. The average molecular weight is 784 g/mol. The van der Waals surface area contributed by atoms with E-state index in [0.29, 0.717) is 6.67 Å². The van der Waals surface area contributed by atoms with Crippen molar-refractivity contribution in [2.24, 2.45) is 0 Å². The quantitative estimate of drug-likeness (QED) is 0.161. The maximum atomic E-state index is 6.95. The lowest BCUT2D eigenvalue weighted by Crippen LogP contribution is -2.25. The number of pyridine rings is 1. The largest absolute Gasteiger partial charge is 0.457 e. The lowest BCUT2D eigenvalue weighted by Gasteiger charge is -2.25. The minimum Gasteiger partial charge on any atom is -0.457 e. The summed E-state index contributed by atoms with van der Waals surface area (Å²) in [5.74, 6) is 2.39. The Labute approximate surface area is 352 Å². The molecule has 0 spiro atoms. The molecule has 0 unspecified atom stereocenters. The minimum atomic E-state index is -0.0500. The van der Waals surface area contributed by atoms with Crippen LogP contribution in [-0.4, -0.2) is 20.8 Å². The van der Waals surface area contributed by atoms with Gasteiger partial charge in [-0.2, -0.15) is 0 Å². The molecule has 0 bridgehead atoms. The van der Waals surface area contributed by atoms with Gasteiger partial charge in [0.1, 0.15) is 17.3 Å². The highest BCUT2D eigenvalue weighted by atomic mass is 16.5. The number of benzene rings is 6. The van der Waals surface area contributed by atoms with E-state index in [1.54, 1.807) is 0 Å². The van der Waals surface area contributed by atoms with Crippen molar-refractivity contribution >= 4 is 44.2 Å². The summed E-state index contributed by atoms with van der Waals surface area (Å²) in [4.78, 5) is 9.62. The molecular weight excluding hydrogens is 735 g/mol. The second kappa shape index (κ2) is 14.3. The smallest absolute Gasteiger partial charge is 0.137 e. The van der Waals surface area contributed by atoms with Gasteiger partial charge in [0.2, 0.25) is 0 Å². The Morgan fingerprint density at radius 1 is 0.467 bits per heavy atom. The van der Waals surface area contributed by atoms with Gasteiger partial charge in [0, 0.05) is 58.6 Å². The molecule has 0 amide bonds. The van der Waals surface area contributed by atoms with E-state index in [0.717, 1.165) is 72.7 Å². The molecule has 1 aliphatic heterocycles. The first-order chi connectivity index (χ1) is 29.0. The number of fused-ring (bicyclic) bond motifs is 5. The van der Waals surface area contributed by atoms with Crippen molar-refractivity contribution in [3.8, 4) is 34.1 Å². The summed E-state index contributed by atoms with van der Waals surface area (Å²) >= 11 is 0. The van der Waals surface area contributed by atoms with Crippen molar-refractivity contribution < 1.29 is 4.74 Å². The number of para-hydroxylation sites is 2. The Balaban J connectivity index is 1.11. The molecule has 0 radical (unpaired) electrons. The van der Waals surface area contributed by atoms with E-state index in [2.05, 4.69) is 231 Å². The molecular formula is C54H49N5O. The van der Waals surface area contributed by atoms with Gasteiger partial charge in [-0.1, -0.05) is 120 Å². The van der Waals surface area contributed by atoms with Crippen LogP contribution in [0.2, 0.25) is 0 Å². The van der Waals surface area contributed by atoms with E-state index in [4.69, 9.17) is 9.72 Å². The van der Waals surface area contributed by atoms with Crippen LogP contribution in [0, 0.1) is 0 Å². The Hall–Kier alpha value is -7.05. The summed E-state index contributed by atoms with van der Waals surface area (Å²) in [6, 6.07) is 56.1. The molecule has 0 saturated heterocycles. The SMILES string of the molecule is CC(C)(C)c1cccc(N2C=CN(c3cc(Oc4ccc5c(c4)n(-c4cc(C(C)(C)C)ccn4)c4c6ccccc6n(-c6ccccc6)c54)cc(-c4ccccc4)c3)C2)c1. The topological polar surface area (TPSA) is 38.5 Å². The fourth-order valence-corrected chi connectivity index (χ4v) is 8.52. The lowest BCUT2D eigenvalue weighted by molar-refractivity contribution is 0.483. The van der Waals surface area contributed by atoms with E-state index in [1.165, 1.54) is 16.8 Å². The van der Waals surface area contributed by atoms with Gasteiger partial charge in [0.05, 0.1) is 28.7 Å².